The van der Waals surface area contributed by atoms with Gasteiger partial charge in [-0.15, -0.1) is 0 Å². The van der Waals surface area contributed by atoms with E-state index in [1.54, 1.807) is 24.4 Å². The van der Waals surface area contributed by atoms with Crippen LogP contribution in [0.3, 0.4) is 0 Å². The second-order valence-electron chi connectivity index (χ2n) is 5.58. The number of aliphatic hydroxyl groups is 1. The minimum Gasteiger partial charge on any atom is -0.478 e. The van der Waals surface area contributed by atoms with Crippen molar-refractivity contribution in [2.45, 2.75) is 6.10 Å². The van der Waals surface area contributed by atoms with Crippen molar-refractivity contribution in [2.24, 2.45) is 0 Å². The molecule has 0 saturated heterocycles. The fourth-order valence-corrected chi connectivity index (χ4v) is 2.76. The number of nitrogens with zero attached hydrogens (tertiary/aromatic N) is 1. The number of carbonyl (C=O) groups is 1. The molecule has 0 saturated carbocycles. The number of benzene rings is 2. The van der Waals surface area contributed by atoms with Crippen molar-refractivity contribution in [3.05, 3.63) is 76.0 Å². The van der Waals surface area contributed by atoms with Crippen molar-refractivity contribution in [3.8, 4) is 0 Å². The fourth-order valence-electron chi connectivity index (χ4n) is 2.76. The molecule has 2 aromatic carbocycles. The predicted molar refractivity (Wildman–Crippen MR) is 89.6 cm³/mol. The van der Waals surface area contributed by atoms with Crippen LogP contribution in [0.25, 0.3) is 21.9 Å². The van der Waals surface area contributed by atoms with Crippen LogP contribution in [0.1, 0.15) is 27.8 Å². The second-order valence-corrected chi connectivity index (χ2v) is 5.58. The van der Waals surface area contributed by atoms with Gasteiger partial charge >= 0.3 is 5.97 Å². The monoisotopic (exact) mass is 336 g/mol. The zero-order chi connectivity index (χ0) is 17.6. The van der Waals surface area contributed by atoms with Crippen LogP contribution in [0, 0.1) is 0 Å². The van der Waals surface area contributed by atoms with E-state index < -0.39 is 12.1 Å². The first kappa shape index (κ1) is 15.1. The number of nitrogens with one attached hydrogen (secondary N) is 1. The average Bonchev–Trinajstić information content (AvgIpc) is 3.15. The Morgan fingerprint density at radius 1 is 1.12 bits per heavy atom. The molecule has 0 fully saturated rings. The van der Waals surface area contributed by atoms with E-state index >= 15 is 0 Å². The molecule has 2 aromatic heterocycles. The van der Waals surface area contributed by atoms with Crippen LogP contribution in [0.15, 0.2) is 58.0 Å². The summed E-state index contributed by atoms with van der Waals surface area (Å²) in [5, 5.41) is 19.9. The third-order valence-corrected chi connectivity index (χ3v) is 4.04. The average molecular weight is 336 g/mol. The van der Waals surface area contributed by atoms with Gasteiger partial charge in [0.25, 0.3) is 0 Å². The number of hydrogen-bond donors (Lipinski definition) is 3. The molecule has 4 rings (SSSR count). The van der Waals surface area contributed by atoms with E-state index in [9.17, 15) is 14.7 Å². The number of carboxylic acids is 1. The van der Waals surface area contributed by atoms with E-state index in [0.717, 1.165) is 0 Å². The molecule has 0 aliphatic heterocycles. The van der Waals surface area contributed by atoms with Crippen LogP contribution in [-0.2, 0) is 0 Å². The molecule has 7 heteroatoms. The molecule has 4 aromatic rings. The maximum atomic E-state index is 12.6. The van der Waals surface area contributed by atoms with E-state index in [1.807, 2.05) is 0 Å². The fraction of sp³-hybridized carbons (Fsp3) is 0.0556. The SMILES string of the molecule is O=C(O)c1ccc2oc3cc(C(O)c4ncc[nH]4)ccc3c(=O)c2c1. The van der Waals surface area contributed by atoms with E-state index in [1.165, 1.54) is 24.4 Å². The van der Waals surface area contributed by atoms with E-state index in [-0.39, 0.29) is 22.0 Å². The molecular formula is C18H12N2O5. The normalized spacial score (nSPS) is 12.5. The van der Waals surface area contributed by atoms with Gasteiger partial charge in [-0.2, -0.15) is 0 Å². The number of imidazole rings is 1. The Balaban J connectivity index is 1.91. The summed E-state index contributed by atoms with van der Waals surface area (Å²) in [7, 11) is 0. The van der Waals surface area contributed by atoms with Crippen LogP contribution in [-0.4, -0.2) is 26.2 Å². The summed E-state index contributed by atoms with van der Waals surface area (Å²) < 4.78 is 5.74. The Kier molecular flexibility index (Phi) is 3.36. The van der Waals surface area contributed by atoms with Crippen LogP contribution in [0.4, 0.5) is 0 Å². The highest BCUT2D eigenvalue weighted by Crippen LogP contribution is 2.25. The number of carboxylic acid groups (broad SMARTS) is 1. The molecule has 7 nitrogen and oxygen atoms in total. The number of hydrogen-bond acceptors (Lipinski definition) is 5. The van der Waals surface area contributed by atoms with Crippen molar-refractivity contribution in [1.82, 2.24) is 9.97 Å². The summed E-state index contributed by atoms with van der Waals surface area (Å²) in [6.07, 6.45) is 2.16. The largest absolute Gasteiger partial charge is 0.478 e. The molecule has 1 atom stereocenters. The van der Waals surface area contributed by atoms with Crippen molar-refractivity contribution in [3.63, 3.8) is 0 Å². The standard InChI is InChI=1S/C18H12N2O5/c21-15(17-19-5-6-20-17)9-1-3-11-14(8-9)25-13-4-2-10(18(23)24)7-12(13)16(11)22/h1-8,15,21H,(H,19,20)(H,23,24). The number of aromatic amines is 1. The number of rotatable bonds is 3. The molecule has 0 aliphatic rings. The lowest BCUT2D eigenvalue weighted by molar-refractivity contribution is 0.0697. The highest BCUT2D eigenvalue weighted by molar-refractivity contribution is 5.96. The first-order chi connectivity index (χ1) is 12.0. The minimum atomic E-state index is -1.11. The summed E-state index contributed by atoms with van der Waals surface area (Å²) in [6, 6.07) is 8.87. The van der Waals surface area contributed by atoms with E-state index in [0.29, 0.717) is 22.4 Å². The first-order valence-corrected chi connectivity index (χ1v) is 7.46. The Morgan fingerprint density at radius 2 is 1.96 bits per heavy atom. The second kappa shape index (κ2) is 5.57. The number of aliphatic hydroxyl groups excluding tert-OH is 1. The van der Waals surface area contributed by atoms with Gasteiger partial charge in [0.1, 0.15) is 23.1 Å². The lowest BCUT2D eigenvalue weighted by Crippen LogP contribution is -2.06. The highest BCUT2D eigenvalue weighted by atomic mass is 16.4. The zero-order valence-corrected chi connectivity index (χ0v) is 12.8. The van der Waals surface area contributed by atoms with E-state index in [4.69, 9.17) is 9.52 Å². The zero-order valence-electron chi connectivity index (χ0n) is 12.8. The first-order valence-electron chi connectivity index (χ1n) is 7.46. The van der Waals surface area contributed by atoms with E-state index in [2.05, 4.69) is 9.97 Å². The molecule has 0 radical (unpaired) electrons. The van der Waals surface area contributed by atoms with Gasteiger partial charge in [-0.1, -0.05) is 6.07 Å². The molecule has 0 spiro atoms. The van der Waals surface area contributed by atoms with Crippen LogP contribution < -0.4 is 5.43 Å². The lowest BCUT2D eigenvalue weighted by atomic mass is 10.0. The molecular weight excluding hydrogens is 324 g/mol. The molecule has 0 bridgehead atoms. The molecule has 0 amide bonds. The minimum absolute atomic E-state index is 0.0176. The van der Waals surface area contributed by atoms with Crippen molar-refractivity contribution >= 4 is 27.9 Å². The molecule has 3 N–H and O–H groups in total. The third-order valence-electron chi connectivity index (χ3n) is 4.04. The molecule has 124 valence electrons. The topological polar surface area (TPSA) is 116 Å². The van der Waals surface area contributed by atoms with Gasteiger partial charge in [0, 0.05) is 12.4 Å². The quantitative estimate of drug-likeness (QED) is 0.495. The Bertz CT molecular complexity index is 1160. The third kappa shape index (κ3) is 2.47. The number of H-pyrrole nitrogens is 1. The summed E-state index contributed by atoms with van der Waals surface area (Å²) >= 11 is 0. The summed E-state index contributed by atoms with van der Waals surface area (Å²) in [5.74, 6) is -0.730. The van der Waals surface area contributed by atoms with Crippen molar-refractivity contribution in [1.29, 1.82) is 0 Å². The molecule has 0 aliphatic carbocycles. The van der Waals surface area contributed by atoms with Gasteiger partial charge < -0.3 is 19.6 Å². The molecule has 2 heterocycles. The maximum Gasteiger partial charge on any atom is 0.335 e. The van der Waals surface area contributed by atoms with Crippen LogP contribution >= 0.6 is 0 Å². The Labute approximate surface area is 140 Å². The van der Waals surface area contributed by atoms with Gasteiger partial charge in [0.05, 0.1) is 16.3 Å². The number of aromatic carboxylic acids is 1. The molecule has 1 unspecified atom stereocenters. The van der Waals surface area contributed by atoms with Crippen LogP contribution in [0.5, 0.6) is 0 Å². The summed E-state index contributed by atoms with van der Waals surface area (Å²) in [4.78, 5) is 30.6. The number of fused-ring (bicyclic) bond motifs is 2. The lowest BCUT2D eigenvalue weighted by Gasteiger charge is -2.09. The van der Waals surface area contributed by atoms with Crippen molar-refractivity contribution < 1.29 is 19.4 Å². The van der Waals surface area contributed by atoms with Gasteiger partial charge in [0.2, 0.25) is 5.43 Å². The number of aromatic nitrogens is 2. The van der Waals surface area contributed by atoms with Crippen molar-refractivity contribution in [2.75, 3.05) is 0 Å². The smallest absolute Gasteiger partial charge is 0.335 e. The van der Waals surface area contributed by atoms with Gasteiger partial charge in [-0.3, -0.25) is 4.79 Å². The predicted octanol–water partition coefficient (Wildman–Crippen LogP) is 2.45. The Morgan fingerprint density at radius 3 is 2.68 bits per heavy atom. The highest BCUT2D eigenvalue weighted by Gasteiger charge is 2.16. The van der Waals surface area contributed by atoms with Gasteiger partial charge in [0.15, 0.2) is 0 Å². The van der Waals surface area contributed by atoms with Gasteiger partial charge in [-0.05, 0) is 35.9 Å². The van der Waals surface area contributed by atoms with Crippen LogP contribution in [0.2, 0.25) is 0 Å². The summed E-state index contributed by atoms with van der Waals surface area (Å²) in [5.41, 5.74) is 0.810. The van der Waals surface area contributed by atoms with Gasteiger partial charge in [-0.25, -0.2) is 9.78 Å². The molecule has 25 heavy (non-hydrogen) atoms. The Hall–Kier alpha value is -3.45. The maximum absolute atomic E-state index is 12.6. The summed E-state index contributed by atoms with van der Waals surface area (Å²) in [6.45, 7) is 0.